The smallest absolute Gasteiger partial charge is 0.271 e. The molecule has 0 aliphatic carbocycles. The second-order valence-corrected chi connectivity index (χ2v) is 7.34. The van der Waals surface area contributed by atoms with Gasteiger partial charge in [-0.3, -0.25) is 15.0 Å². The SMILES string of the molecule is CC(c1nc(N)nc(Nc2ccccc2)n1)N1CCN(c2cccc([N+](=O)[O-])c2)CC1. The van der Waals surface area contributed by atoms with Gasteiger partial charge in [0.2, 0.25) is 11.9 Å². The molecule has 1 atom stereocenters. The fourth-order valence-corrected chi connectivity index (χ4v) is 3.64. The fourth-order valence-electron chi connectivity index (χ4n) is 3.64. The van der Waals surface area contributed by atoms with Crippen LogP contribution >= 0.6 is 0 Å². The maximum Gasteiger partial charge on any atom is 0.271 e. The molecule has 2 aromatic carbocycles. The number of anilines is 4. The number of piperazine rings is 1. The molecule has 0 bridgehead atoms. The van der Waals surface area contributed by atoms with Gasteiger partial charge in [0.25, 0.3) is 5.69 Å². The molecule has 2 heterocycles. The monoisotopic (exact) mass is 420 g/mol. The molecule has 0 saturated carbocycles. The van der Waals surface area contributed by atoms with E-state index in [2.05, 4.69) is 30.1 Å². The lowest BCUT2D eigenvalue weighted by Crippen LogP contribution is -2.47. The van der Waals surface area contributed by atoms with E-state index in [4.69, 9.17) is 5.73 Å². The normalized spacial score (nSPS) is 15.5. The third kappa shape index (κ3) is 4.86. The van der Waals surface area contributed by atoms with E-state index in [0.29, 0.717) is 11.8 Å². The van der Waals surface area contributed by atoms with Gasteiger partial charge in [0.15, 0.2) is 5.82 Å². The van der Waals surface area contributed by atoms with Crippen molar-refractivity contribution in [2.45, 2.75) is 13.0 Å². The molecule has 0 amide bonds. The van der Waals surface area contributed by atoms with E-state index < -0.39 is 0 Å². The number of aromatic nitrogens is 3. The van der Waals surface area contributed by atoms with E-state index in [0.717, 1.165) is 37.6 Å². The van der Waals surface area contributed by atoms with Crippen molar-refractivity contribution in [1.29, 1.82) is 0 Å². The number of rotatable bonds is 6. The van der Waals surface area contributed by atoms with Gasteiger partial charge in [-0.1, -0.05) is 24.3 Å². The second-order valence-electron chi connectivity index (χ2n) is 7.34. The van der Waals surface area contributed by atoms with Crippen LogP contribution in [0.3, 0.4) is 0 Å². The molecule has 10 nitrogen and oxygen atoms in total. The summed E-state index contributed by atoms with van der Waals surface area (Å²) in [4.78, 5) is 28.2. The molecule has 1 fully saturated rings. The summed E-state index contributed by atoms with van der Waals surface area (Å²) in [5.41, 5.74) is 7.77. The van der Waals surface area contributed by atoms with Crippen LogP contribution in [0.25, 0.3) is 0 Å². The van der Waals surface area contributed by atoms with E-state index in [-0.39, 0.29) is 22.6 Å². The number of hydrogen-bond acceptors (Lipinski definition) is 9. The van der Waals surface area contributed by atoms with E-state index in [1.807, 2.05) is 43.3 Å². The Morgan fingerprint density at radius 1 is 1.03 bits per heavy atom. The topological polar surface area (TPSA) is 126 Å². The number of hydrogen-bond donors (Lipinski definition) is 2. The summed E-state index contributed by atoms with van der Waals surface area (Å²) in [5, 5.41) is 14.2. The molecule has 1 unspecified atom stereocenters. The van der Waals surface area contributed by atoms with Crippen LogP contribution in [0.1, 0.15) is 18.8 Å². The molecule has 31 heavy (non-hydrogen) atoms. The number of nitrogens with one attached hydrogen (secondary N) is 1. The quantitative estimate of drug-likeness (QED) is 0.457. The van der Waals surface area contributed by atoms with Crippen LogP contribution in [-0.2, 0) is 0 Å². The Kier molecular flexibility index (Phi) is 5.89. The van der Waals surface area contributed by atoms with Gasteiger partial charge in [-0.2, -0.15) is 15.0 Å². The minimum Gasteiger partial charge on any atom is -0.369 e. The van der Waals surface area contributed by atoms with Gasteiger partial charge in [-0.05, 0) is 25.1 Å². The average Bonchev–Trinajstić information content (AvgIpc) is 2.79. The first-order valence-corrected chi connectivity index (χ1v) is 10.1. The Morgan fingerprint density at radius 3 is 2.48 bits per heavy atom. The summed E-state index contributed by atoms with van der Waals surface area (Å²) >= 11 is 0. The zero-order valence-corrected chi connectivity index (χ0v) is 17.2. The van der Waals surface area contributed by atoms with Crippen LogP contribution in [0.4, 0.5) is 29.0 Å². The highest BCUT2D eigenvalue weighted by molar-refractivity contribution is 5.54. The molecular weight excluding hydrogens is 396 g/mol. The van der Waals surface area contributed by atoms with Crippen molar-refractivity contribution >= 4 is 29.0 Å². The molecule has 1 aliphatic rings. The standard InChI is InChI=1S/C21H24N8O2/c1-15(19-24-20(22)26-21(25-19)23-16-6-3-2-4-7-16)27-10-12-28(13-11-27)17-8-5-9-18(14-17)29(30)31/h2-9,14-15H,10-13H2,1H3,(H3,22,23,24,25,26). The summed E-state index contributed by atoms with van der Waals surface area (Å²) in [6.45, 7) is 5.10. The number of nitro benzene ring substituents is 1. The molecule has 3 aromatic rings. The Morgan fingerprint density at radius 2 is 1.77 bits per heavy atom. The lowest BCUT2D eigenvalue weighted by Gasteiger charge is -2.38. The molecule has 4 rings (SSSR count). The lowest BCUT2D eigenvalue weighted by molar-refractivity contribution is -0.384. The Bertz CT molecular complexity index is 1050. The third-order valence-electron chi connectivity index (χ3n) is 5.34. The van der Waals surface area contributed by atoms with Crippen LogP contribution in [0.15, 0.2) is 54.6 Å². The van der Waals surface area contributed by atoms with E-state index in [1.54, 1.807) is 12.1 Å². The number of nitro groups is 1. The highest BCUT2D eigenvalue weighted by Crippen LogP contribution is 2.25. The molecule has 160 valence electrons. The first kappa shape index (κ1) is 20.5. The van der Waals surface area contributed by atoms with Gasteiger partial charge in [0.1, 0.15) is 0 Å². The minimum absolute atomic E-state index is 0.0473. The summed E-state index contributed by atoms with van der Waals surface area (Å²) in [6, 6.07) is 16.3. The fraction of sp³-hybridized carbons (Fsp3) is 0.286. The second kappa shape index (κ2) is 8.92. The van der Waals surface area contributed by atoms with Gasteiger partial charge < -0.3 is 16.0 Å². The summed E-state index contributed by atoms with van der Waals surface area (Å²) in [7, 11) is 0. The van der Waals surface area contributed by atoms with Crippen molar-refractivity contribution in [2.24, 2.45) is 0 Å². The molecule has 1 aromatic heterocycles. The van der Waals surface area contributed by atoms with Crippen molar-refractivity contribution in [3.05, 3.63) is 70.5 Å². The van der Waals surface area contributed by atoms with Crippen LogP contribution in [0.2, 0.25) is 0 Å². The Hall–Kier alpha value is -3.79. The molecule has 1 saturated heterocycles. The molecule has 10 heteroatoms. The van der Waals surface area contributed by atoms with Gasteiger partial charge in [-0.15, -0.1) is 0 Å². The Labute approximate surface area is 179 Å². The number of non-ortho nitro benzene ring substituents is 1. The van der Waals surface area contributed by atoms with Gasteiger partial charge in [0, 0.05) is 49.7 Å². The van der Waals surface area contributed by atoms with Crippen molar-refractivity contribution in [3.63, 3.8) is 0 Å². The van der Waals surface area contributed by atoms with Gasteiger partial charge in [0.05, 0.1) is 11.0 Å². The first-order valence-electron chi connectivity index (χ1n) is 10.1. The van der Waals surface area contributed by atoms with E-state index >= 15 is 0 Å². The zero-order chi connectivity index (χ0) is 21.8. The van der Waals surface area contributed by atoms with E-state index in [9.17, 15) is 10.1 Å². The van der Waals surface area contributed by atoms with Crippen LogP contribution in [-0.4, -0.2) is 51.0 Å². The average molecular weight is 420 g/mol. The maximum atomic E-state index is 11.0. The van der Waals surface area contributed by atoms with Crippen molar-refractivity contribution in [2.75, 3.05) is 42.1 Å². The number of benzene rings is 2. The van der Waals surface area contributed by atoms with Gasteiger partial charge in [-0.25, -0.2) is 0 Å². The largest absolute Gasteiger partial charge is 0.369 e. The number of nitrogens with two attached hydrogens (primary N) is 1. The summed E-state index contributed by atoms with van der Waals surface area (Å²) in [6.07, 6.45) is 0. The highest BCUT2D eigenvalue weighted by Gasteiger charge is 2.25. The summed E-state index contributed by atoms with van der Waals surface area (Å²) in [5.74, 6) is 1.19. The Balaban J connectivity index is 1.43. The van der Waals surface area contributed by atoms with E-state index in [1.165, 1.54) is 6.07 Å². The number of para-hydroxylation sites is 1. The molecule has 1 aliphatic heterocycles. The van der Waals surface area contributed by atoms with Crippen molar-refractivity contribution in [3.8, 4) is 0 Å². The van der Waals surface area contributed by atoms with Crippen LogP contribution in [0, 0.1) is 10.1 Å². The lowest BCUT2D eigenvalue weighted by atomic mass is 10.2. The number of nitrogens with zero attached hydrogens (tertiary/aromatic N) is 6. The maximum absolute atomic E-state index is 11.0. The number of nitrogen functional groups attached to an aromatic ring is 1. The molecular formula is C21H24N8O2. The summed E-state index contributed by atoms with van der Waals surface area (Å²) < 4.78 is 0. The van der Waals surface area contributed by atoms with Gasteiger partial charge >= 0.3 is 0 Å². The van der Waals surface area contributed by atoms with Crippen LogP contribution in [0.5, 0.6) is 0 Å². The van der Waals surface area contributed by atoms with Crippen LogP contribution < -0.4 is 16.0 Å². The van der Waals surface area contributed by atoms with Crippen molar-refractivity contribution in [1.82, 2.24) is 19.9 Å². The zero-order valence-electron chi connectivity index (χ0n) is 17.2. The molecule has 0 spiro atoms. The highest BCUT2D eigenvalue weighted by atomic mass is 16.6. The first-order chi connectivity index (χ1) is 15.0. The molecule has 0 radical (unpaired) electrons. The molecule has 3 N–H and O–H groups in total. The third-order valence-corrected chi connectivity index (χ3v) is 5.34. The minimum atomic E-state index is -0.367. The van der Waals surface area contributed by atoms with Crippen molar-refractivity contribution < 1.29 is 4.92 Å². The predicted octanol–water partition coefficient (Wildman–Crippen LogP) is 2.99. The predicted molar refractivity (Wildman–Crippen MR) is 119 cm³/mol.